The predicted molar refractivity (Wildman–Crippen MR) is 120 cm³/mol. The molecular formula is C22H28N6O2. The van der Waals surface area contributed by atoms with Crippen LogP contribution >= 0.6 is 0 Å². The molecule has 0 atom stereocenters. The fourth-order valence-corrected chi connectivity index (χ4v) is 3.73. The van der Waals surface area contributed by atoms with E-state index in [1.807, 2.05) is 53.6 Å². The van der Waals surface area contributed by atoms with E-state index in [2.05, 4.69) is 10.6 Å². The summed E-state index contributed by atoms with van der Waals surface area (Å²) in [6, 6.07) is 19.0. The zero-order chi connectivity index (χ0) is 20.9. The molecule has 0 spiro atoms. The molecule has 8 heteroatoms. The van der Waals surface area contributed by atoms with Gasteiger partial charge in [0.15, 0.2) is 0 Å². The molecule has 4 aromatic rings. The van der Waals surface area contributed by atoms with Gasteiger partial charge in [-0.2, -0.15) is 0 Å². The van der Waals surface area contributed by atoms with Crippen molar-refractivity contribution in [3.8, 4) is 11.8 Å². The smallest absolute Gasteiger partial charge is 0.212 e. The second kappa shape index (κ2) is 9.08. The lowest BCUT2D eigenvalue weighted by atomic mass is 10.2. The van der Waals surface area contributed by atoms with E-state index in [4.69, 9.17) is 5.73 Å². The molecule has 0 saturated carbocycles. The summed E-state index contributed by atoms with van der Waals surface area (Å²) in [5.74, 6) is 0.219. The Labute approximate surface area is 175 Å². The monoisotopic (exact) mass is 408 g/mol. The Bertz CT molecular complexity index is 1040. The van der Waals surface area contributed by atoms with Crippen LogP contribution in [-0.2, 0) is 0 Å². The average molecular weight is 409 g/mol. The number of nitrogens with zero attached hydrogens (tertiary/aromatic N) is 3. The first-order chi connectivity index (χ1) is 14.7. The maximum atomic E-state index is 10.8. The Balaban J connectivity index is 1.67. The van der Waals surface area contributed by atoms with Gasteiger partial charge >= 0.3 is 0 Å². The van der Waals surface area contributed by atoms with Gasteiger partial charge < -0.3 is 26.6 Å². The number of para-hydroxylation sites is 2. The van der Waals surface area contributed by atoms with Crippen molar-refractivity contribution in [2.24, 2.45) is 5.73 Å². The molecule has 8 nitrogen and oxygen atoms in total. The van der Waals surface area contributed by atoms with Crippen LogP contribution in [0.5, 0.6) is 11.8 Å². The number of aromatic nitrogens is 2. The molecule has 2 heterocycles. The van der Waals surface area contributed by atoms with Crippen molar-refractivity contribution in [2.75, 3.05) is 44.4 Å². The molecule has 0 amide bonds. The van der Waals surface area contributed by atoms with E-state index in [0.29, 0.717) is 19.6 Å². The molecule has 0 saturated heterocycles. The lowest BCUT2D eigenvalue weighted by Crippen LogP contribution is -2.44. The highest BCUT2D eigenvalue weighted by Gasteiger charge is 2.20. The molecule has 30 heavy (non-hydrogen) atoms. The average Bonchev–Trinajstić information content (AvgIpc) is 3.26. The molecule has 158 valence electrons. The molecule has 0 unspecified atom stereocenters. The predicted octanol–water partition coefficient (Wildman–Crippen LogP) is 1.55. The SMILES string of the molecule is NCCNCCNCCN(n1c(O)cc2ccccc21)n1c(O)cc2ccccc21. The number of benzene rings is 2. The molecule has 0 aliphatic heterocycles. The van der Waals surface area contributed by atoms with Gasteiger partial charge in [-0.05, 0) is 12.1 Å². The molecule has 0 radical (unpaired) electrons. The molecule has 0 bridgehead atoms. The molecule has 2 aromatic carbocycles. The Morgan fingerprint density at radius 1 is 0.733 bits per heavy atom. The normalized spacial score (nSPS) is 11.5. The standard InChI is InChI=1S/C22H28N6O2/c23-9-10-24-11-12-25-13-14-26(27-19-7-3-1-5-17(19)15-21(27)29)28-20-8-4-2-6-18(20)16-22(28)30/h1-8,15-16,24-25,29-30H,9-14,23H2. The minimum absolute atomic E-state index is 0.109. The van der Waals surface area contributed by atoms with Crippen molar-refractivity contribution in [3.05, 3.63) is 60.7 Å². The van der Waals surface area contributed by atoms with E-state index in [0.717, 1.165) is 41.4 Å². The molecule has 0 aliphatic carbocycles. The summed E-state index contributed by atoms with van der Waals surface area (Å²) < 4.78 is 3.46. The van der Waals surface area contributed by atoms with Crippen LogP contribution in [0.1, 0.15) is 0 Å². The Morgan fingerprint density at radius 3 is 1.77 bits per heavy atom. The first kappa shape index (κ1) is 20.1. The van der Waals surface area contributed by atoms with E-state index in [-0.39, 0.29) is 11.8 Å². The van der Waals surface area contributed by atoms with Gasteiger partial charge in [-0.1, -0.05) is 36.4 Å². The van der Waals surface area contributed by atoms with Crippen LogP contribution in [0, 0.1) is 0 Å². The fraction of sp³-hybridized carbons (Fsp3) is 0.273. The van der Waals surface area contributed by atoms with Crippen LogP contribution < -0.4 is 21.5 Å². The number of fused-ring (bicyclic) bond motifs is 2. The third-order valence-corrected chi connectivity index (χ3v) is 5.08. The Kier molecular flexibility index (Phi) is 6.08. The summed E-state index contributed by atoms with van der Waals surface area (Å²) in [6.07, 6.45) is 0. The largest absolute Gasteiger partial charge is 0.493 e. The minimum atomic E-state index is 0.109. The Hall–Kier alpha value is -3.20. The van der Waals surface area contributed by atoms with E-state index < -0.39 is 0 Å². The van der Waals surface area contributed by atoms with Gasteiger partial charge in [-0.3, -0.25) is 0 Å². The van der Waals surface area contributed by atoms with E-state index >= 15 is 0 Å². The summed E-state index contributed by atoms with van der Waals surface area (Å²) in [7, 11) is 0. The quantitative estimate of drug-likeness (QED) is 0.255. The van der Waals surface area contributed by atoms with Crippen LogP contribution in [0.25, 0.3) is 21.8 Å². The van der Waals surface area contributed by atoms with Crippen molar-refractivity contribution >= 4 is 21.8 Å². The van der Waals surface area contributed by atoms with Crippen LogP contribution in [0.15, 0.2) is 60.7 Å². The third kappa shape index (κ3) is 3.93. The summed E-state index contributed by atoms with van der Waals surface area (Å²) in [5, 5.41) is 31.9. The van der Waals surface area contributed by atoms with E-state index in [1.165, 1.54) is 0 Å². The van der Waals surface area contributed by atoms with Crippen molar-refractivity contribution in [1.29, 1.82) is 0 Å². The summed E-state index contributed by atoms with van der Waals surface area (Å²) in [4.78, 5) is 0. The second-order valence-electron chi connectivity index (χ2n) is 7.13. The maximum Gasteiger partial charge on any atom is 0.212 e. The van der Waals surface area contributed by atoms with Gasteiger partial charge in [0.25, 0.3) is 0 Å². The van der Waals surface area contributed by atoms with Crippen LogP contribution in [0.2, 0.25) is 0 Å². The Morgan fingerprint density at radius 2 is 1.23 bits per heavy atom. The molecule has 4 rings (SSSR count). The summed E-state index contributed by atoms with van der Waals surface area (Å²) >= 11 is 0. The van der Waals surface area contributed by atoms with Gasteiger partial charge in [0.2, 0.25) is 11.8 Å². The second-order valence-corrected chi connectivity index (χ2v) is 7.13. The van der Waals surface area contributed by atoms with E-state index in [1.54, 1.807) is 21.5 Å². The fourth-order valence-electron chi connectivity index (χ4n) is 3.73. The highest BCUT2D eigenvalue weighted by atomic mass is 16.3. The van der Waals surface area contributed by atoms with Gasteiger partial charge in [0, 0.05) is 55.6 Å². The number of nitrogens with one attached hydrogen (secondary N) is 2. The summed E-state index contributed by atoms with van der Waals surface area (Å²) in [6.45, 7) is 4.21. The first-order valence-electron chi connectivity index (χ1n) is 10.2. The lowest BCUT2D eigenvalue weighted by Gasteiger charge is -2.29. The van der Waals surface area contributed by atoms with Gasteiger partial charge in [0.1, 0.15) is 0 Å². The highest BCUT2D eigenvalue weighted by Crippen LogP contribution is 2.29. The van der Waals surface area contributed by atoms with Crippen molar-refractivity contribution < 1.29 is 10.2 Å². The van der Waals surface area contributed by atoms with Gasteiger partial charge in [0.05, 0.1) is 17.6 Å². The lowest BCUT2D eigenvalue weighted by molar-refractivity contribution is 0.363. The van der Waals surface area contributed by atoms with Crippen molar-refractivity contribution in [3.63, 3.8) is 0 Å². The van der Waals surface area contributed by atoms with Crippen LogP contribution in [0.4, 0.5) is 0 Å². The number of hydrogen-bond acceptors (Lipinski definition) is 6. The first-order valence-corrected chi connectivity index (χ1v) is 10.2. The zero-order valence-electron chi connectivity index (χ0n) is 16.8. The molecule has 2 aromatic heterocycles. The highest BCUT2D eigenvalue weighted by molar-refractivity contribution is 5.84. The van der Waals surface area contributed by atoms with Gasteiger partial charge in [-0.25, -0.2) is 14.5 Å². The number of aromatic hydroxyl groups is 2. The number of rotatable bonds is 10. The van der Waals surface area contributed by atoms with Crippen LogP contribution in [-0.4, -0.2) is 58.8 Å². The van der Waals surface area contributed by atoms with Crippen LogP contribution in [0.3, 0.4) is 0 Å². The maximum absolute atomic E-state index is 10.8. The summed E-state index contributed by atoms with van der Waals surface area (Å²) in [5.41, 5.74) is 7.21. The molecule has 6 N–H and O–H groups in total. The van der Waals surface area contributed by atoms with Gasteiger partial charge in [-0.15, -0.1) is 0 Å². The number of nitrogens with two attached hydrogens (primary N) is 1. The molecule has 0 fully saturated rings. The minimum Gasteiger partial charge on any atom is -0.493 e. The number of hydrogen-bond donors (Lipinski definition) is 5. The molecule has 0 aliphatic rings. The van der Waals surface area contributed by atoms with Crippen molar-refractivity contribution in [2.45, 2.75) is 0 Å². The zero-order valence-corrected chi connectivity index (χ0v) is 16.8. The third-order valence-electron chi connectivity index (χ3n) is 5.08. The topological polar surface area (TPSA) is 104 Å². The van der Waals surface area contributed by atoms with Crippen molar-refractivity contribution in [1.82, 2.24) is 20.0 Å². The molecular weight excluding hydrogens is 380 g/mol. The van der Waals surface area contributed by atoms with E-state index in [9.17, 15) is 10.2 Å².